The third-order valence-electron chi connectivity index (χ3n) is 4.29. The Balaban J connectivity index is 1.78. The fourth-order valence-corrected chi connectivity index (χ4v) is 3.47. The zero-order chi connectivity index (χ0) is 19.9. The van der Waals surface area contributed by atoms with Crippen LogP contribution in [-0.4, -0.2) is 67.4 Å². The number of carbonyl (C=O) groups excluding carboxylic acids is 1. The maximum absolute atomic E-state index is 11.6. The smallest absolute Gasteiger partial charge is 0.407 e. The number of ether oxygens (including phenoxy) is 2. The third kappa shape index (κ3) is 8.49. The van der Waals surface area contributed by atoms with E-state index in [-0.39, 0.29) is 0 Å². The van der Waals surface area contributed by atoms with Gasteiger partial charge >= 0.3 is 6.09 Å². The normalized spacial score (nSPS) is 16.2. The molecule has 6 nitrogen and oxygen atoms in total. The minimum atomic E-state index is -0.493. The summed E-state index contributed by atoms with van der Waals surface area (Å²) in [6, 6.07) is 6.16. The molecule has 1 fully saturated rings. The van der Waals surface area contributed by atoms with Gasteiger partial charge in [0.05, 0.1) is 6.54 Å². The van der Waals surface area contributed by atoms with Crippen LogP contribution in [0.2, 0.25) is 0 Å². The molecule has 1 amide bonds. The van der Waals surface area contributed by atoms with Gasteiger partial charge in [-0.25, -0.2) is 4.79 Å². The lowest BCUT2D eigenvalue weighted by Crippen LogP contribution is -2.45. The molecule has 1 saturated heterocycles. The first kappa shape index (κ1) is 22.0. The molecule has 1 aliphatic heterocycles. The second-order valence-electron chi connectivity index (χ2n) is 7.78. The van der Waals surface area contributed by atoms with Gasteiger partial charge in [-0.1, -0.05) is 22.9 Å². The Morgan fingerprint density at radius 1 is 1.15 bits per heavy atom. The minimum absolute atomic E-state index is 0.393. The van der Waals surface area contributed by atoms with Crippen molar-refractivity contribution in [3.05, 3.63) is 28.2 Å². The molecule has 1 aromatic carbocycles. The van der Waals surface area contributed by atoms with Crippen LogP contribution in [0.15, 0.2) is 22.7 Å². The van der Waals surface area contributed by atoms with Gasteiger partial charge in [0.15, 0.2) is 0 Å². The molecular weight excluding hydrogens is 410 g/mol. The molecule has 1 aliphatic rings. The van der Waals surface area contributed by atoms with Gasteiger partial charge in [-0.3, -0.25) is 4.90 Å². The van der Waals surface area contributed by atoms with Crippen molar-refractivity contribution < 1.29 is 14.3 Å². The Bertz CT molecular complexity index is 611. The monoisotopic (exact) mass is 441 g/mol. The van der Waals surface area contributed by atoms with E-state index in [1.54, 1.807) is 0 Å². The van der Waals surface area contributed by atoms with Crippen molar-refractivity contribution in [2.75, 3.05) is 45.9 Å². The number of benzene rings is 1. The van der Waals surface area contributed by atoms with Gasteiger partial charge < -0.3 is 19.7 Å². The molecule has 152 valence electrons. The Kier molecular flexibility index (Phi) is 8.38. The number of amides is 1. The fourth-order valence-electron chi connectivity index (χ4n) is 2.95. The average Bonchev–Trinajstić information content (AvgIpc) is 2.57. The Hall–Kier alpha value is -1.31. The maximum atomic E-state index is 11.6. The van der Waals surface area contributed by atoms with Crippen LogP contribution in [0.3, 0.4) is 0 Å². The second kappa shape index (κ2) is 10.3. The Morgan fingerprint density at radius 3 is 2.44 bits per heavy atom. The number of nitrogens with one attached hydrogen (secondary N) is 1. The van der Waals surface area contributed by atoms with Crippen molar-refractivity contribution in [1.29, 1.82) is 0 Å². The molecule has 1 N–H and O–H groups in total. The molecule has 0 atom stereocenters. The van der Waals surface area contributed by atoms with Crippen molar-refractivity contribution in [1.82, 2.24) is 15.1 Å². The van der Waals surface area contributed by atoms with E-state index in [2.05, 4.69) is 50.1 Å². The van der Waals surface area contributed by atoms with E-state index in [1.807, 2.05) is 26.8 Å². The van der Waals surface area contributed by atoms with Crippen molar-refractivity contribution in [2.45, 2.75) is 39.8 Å². The molecule has 0 bridgehead atoms. The van der Waals surface area contributed by atoms with Crippen molar-refractivity contribution in [3.8, 4) is 5.75 Å². The number of carbonyl (C=O) groups is 1. The van der Waals surface area contributed by atoms with E-state index in [9.17, 15) is 4.79 Å². The van der Waals surface area contributed by atoms with Crippen LogP contribution in [0, 0.1) is 0 Å². The number of nitrogens with zero attached hydrogens (tertiary/aromatic N) is 2. The van der Waals surface area contributed by atoms with Gasteiger partial charge in [0.2, 0.25) is 0 Å². The largest absolute Gasteiger partial charge is 0.492 e. The highest BCUT2D eigenvalue weighted by molar-refractivity contribution is 9.10. The Labute approximate surface area is 171 Å². The van der Waals surface area contributed by atoms with Crippen LogP contribution in [-0.2, 0) is 11.3 Å². The molecule has 0 spiro atoms. The quantitative estimate of drug-likeness (QED) is 0.656. The van der Waals surface area contributed by atoms with Crippen LogP contribution < -0.4 is 10.1 Å². The fraction of sp³-hybridized carbons (Fsp3) is 0.650. The minimum Gasteiger partial charge on any atom is -0.492 e. The second-order valence-corrected chi connectivity index (χ2v) is 8.70. The van der Waals surface area contributed by atoms with Crippen LogP contribution in [0.1, 0.15) is 33.3 Å². The summed E-state index contributed by atoms with van der Waals surface area (Å²) >= 11 is 3.57. The number of halogens is 1. The predicted molar refractivity (Wildman–Crippen MR) is 111 cm³/mol. The molecule has 0 radical (unpaired) electrons. The molecule has 2 rings (SSSR count). The Morgan fingerprint density at radius 2 is 1.81 bits per heavy atom. The number of piperazine rings is 1. The standard InChI is InChI=1S/C20H32BrN3O3/c1-5-23-7-9-24(10-8-23)15-16-12-17(21)14-18(13-16)26-11-6-22-19(25)27-20(2,3)4/h12-14H,5-11,15H2,1-4H3,(H,22,25). The van der Waals surface area contributed by atoms with Crippen molar-refractivity contribution in [2.24, 2.45) is 0 Å². The van der Waals surface area contributed by atoms with E-state index in [0.29, 0.717) is 13.2 Å². The highest BCUT2D eigenvalue weighted by atomic mass is 79.9. The van der Waals surface area contributed by atoms with Gasteiger partial charge in [-0.15, -0.1) is 0 Å². The maximum Gasteiger partial charge on any atom is 0.407 e. The molecule has 0 aromatic heterocycles. The van der Waals surface area contributed by atoms with Gasteiger partial charge in [-0.2, -0.15) is 0 Å². The molecule has 0 unspecified atom stereocenters. The highest BCUT2D eigenvalue weighted by Crippen LogP contribution is 2.23. The SMILES string of the molecule is CCN1CCN(Cc2cc(Br)cc(OCCNC(=O)OC(C)(C)C)c2)CC1. The van der Waals surface area contributed by atoms with Gasteiger partial charge in [0.1, 0.15) is 18.0 Å². The summed E-state index contributed by atoms with van der Waals surface area (Å²) in [7, 11) is 0. The molecule has 0 saturated carbocycles. The summed E-state index contributed by atoms with van der Waals surface area (Å²) in [4.78, 5) is 16.6. The topological polar surface area (TPSA) is 54.0 Å². The summed E-state index contributed by atoms with van der Waals surface area (Å²) in [6.07, 6.45) is -0.424. The summed E-state index contributed by atoms with van der Waals surface area (Å²) in [6.45, 7) is 15.0. The zero-order valence-electron chi connectivity index (χ0n) is 16.9. The first-order chi connectivity index (χ1) is 12.7. The lowest BCUT2D eigenvalue weighted by atomic mass is 10.2. The van der Waals surface area contributed by atoms with Crippen molar-refractivity contribution in [3.63, 3.8) is 0 Å². The summed E-state index contributed by atoms with van der Waals surface area (Å²) in [5, 5.41) is 2.70. The molecule has 1 aromatic rings. The lowest BCUT2D eigenvalue weighted by Gasteiger charge is -2.34. The number of rotatable bonds is 7. The lowest BCUT2D eigenvalue weighted by molar-refractivity contribution is 0.0520. The number of likely N-dealkylation sites (N-methyl/N-ethyl adjacent to an activating group) is 1. The summed E-state index contributed by atoms with van der Waals surface area (Å²) in [5.74, 6) is 0.803. The van der Waals surface area contributed by atoms with Gasteiger partial charge in [-0.05, 0) is 51.1 Å². The summed E-state index contributed by atoms with van der Waals surface area (Å²) < 4.78 is 12.0. The summed E-state index contributed by atoms with van der Waals surface area (Å²) in [5.41, 5.74) is 0.733. The predicted octanol–water partition coefficient (Wildman–Crippen LogP) is 3.49. The van der Waals surface area contributed by atoms with E-state index < -0.39 is 11.7 Å². The number of hydrogen-bond acceptors (Lipinski definition) is 5. The van der Waals surface area contributed by atoms with E-state index in [0.717, 1.165) is 49.5 Å². The zero-order valence-corrected chi connectivity index (χ0v) is 18.5. The van der Waals surface area contributed by atoms with Crippen LogP contribution >= 0.6 is 15.9 Å². The first-order valence-electron chi connectivity index (χ1n) is 9.59. The molecule has 0 aliphatic carbocycles. The van der Waals surface area contributed by atoms with Gasteiger partial charge in [0.25, 0.3) is 0 Å². The third-order valence-corrected chi connectivity index (χ3v) is 4.75. The number of alkyl carbamates (subject to hydrolysis) is 1. The van der Waals surface area contributed by atoms with Crippen LogP contribution in [0.5, 0.6) is 5.75 Å². The number of hydrogen-bond donors (Lipinski definition) is 1. The van der Waals surface area contributed by atoms with Crippen molar-refractivity contribution >= 4 is 22.0 Å². The highest BCUT2D eigenvalue weighted by Gasteiger charge is 2.17. The van der Waals surface area contributed by atoms with Crippen LogP contribution in [0.4, 0.5) is 4.79 Å². The molecule has 1 heterocycles. The van der Waals surface area contributed by atoms with E-state index in [4.69, 9.17) is 9.47 Å². The average molecular weight is 442 g/mol. The van der Waals surface area contributed by atoms with E-state index in [1.165, 1.54) is 5.56 Å². The first-order valence-corrected chi connectivity index (χ1v) is 10.4. The van der Waals surface area contributed by atoms with Crippen LogP contribution in [0.25, 0.3) is 0 Å². The van der Waals surface area contributed by atoms with E-state index >= 15 is 0 Å². The molecule has 27 heavy (non-hydrogen) atoms. The molecule has 7 heteroatoms. The van der Waals surface area contributed by atoms with Gasteiger partial charge in [0, 0.05) is 37.2 Å². The molecular formula is C20H32BrN3O3.